The summed E-state index contributed by atoms with van der Waals surface area (Å²) in [5, 5.41) is 14.4. The van der Waals surface area contributed by atoms with Crippen LogP contribution < -0.4 is 10.2 Å². The van der Waals surface area contributed by atoms with Crippen molar-refractivity contribution in [1.29, 1.82) is 0 Å². The van der Waals surface area contributed by atoms with Crippen LogP contribution in [0, 0.1) is 10.1 Å². The molecule has 108 valence electrons. The van der Waals surface area contributed by atoms with E-state index in [1.54, 1.807) is 12.1 Å². The number of nitrogens with one attached hydrogen (secondary N) is 2. The van der Waals surface area contributed by atoms with Gasteiger partial charge in [0.25, 0.3) is 0 Å². The minimum absolute atomic E-state index is 0.0193. The first kappa shape index (κ1) is 14.6. The highest BCUT2D eigenvalue weighted by atomic mass is 32.1. The van der Waals surface area contributed by atoms with Crippen LogP contribution >= 0.6 is 11.7 Å². The van der Waals surface area contributed by atoms with Gasteiger partial charge in [-0.05, 0) is 26.0 Å². The number of anilines is 1. The van der Waals surface area contributed by atoms with Crippen molar-refractivity contribution in [2.45, 2.75) is 13.8 Å². The van der Waals surface area contributed by atoms with Crippen LogP contribution in [0.1, 0.15) is 13.8 Å². The van der Waals surface area contributed by atoms with Crippen molar-refractivity contribution in [2.24, 2.45) is 0 Å². The van der Waals surface area contributed by atoms with Crippen molar-refractivity contribution in [2.75, 3.05) is 31.5 Å². The Balaban J connectivity index is 2.17. The SMILES string of the molecule is CC[NH+](CC)CCNc1ccc2nsnc2c1[N+](=O)[O-]. The fraction of sp³-hybridized carbons (Fsp3) is 0.500. The smallest absolute Gasteiger partial charge is 0.321 e. The summed E-state index contributed by atoms with van der Waals surface area (Å²) in [5.41, 5.74) is 1.47. The number of likely N-dealkylation sites (N-methyl/N-ethyl adjacent to an activating group) is 1. The Bertz CT molecular complexity index is 597. The molecule has 0 bridgehead atoms. The van der Waals surface area contributed by atoms with E-state index in [1.807, 2.05) is 0 Å². The molecule has 0 aliphatic rings. The molecule has 1 aromatic heterocycles. The van der Waals surface area contributed by atoms with Crippen LogP contribution in [0.4, 0.5) is 11.4 Å². The van der Waals surface area contributed by atoms with Gasteiger partial charge in [0.15, 0.2) is 5.52 Å². The Morgan fingerprint density at radius 3 is 2.75 bits per heavy atom. The van der Waals surface area contributed by atoms with Crippen molar-refractivity contribution in [3.63, 3.8) is 0 Å². The van der Waals surface area contributed by atoms with E-state index in [9.17, 15) is 10.1 Å². The fourth-order valence-electron chi connectivity index (χ4n) is 2.14. The van der Waals surface area contributed by atoms with Gasteiger partial charge in [0.1, 0.15) is 11.2 Å². The van der Waals surface area contributed by atoms with Gasteiger partial charge in [-0.15, -0.1) is 0 Å². The van der Waals surface area contributed by atoms with Crippen molar-refractivity contribution in [3.05, 3.63) is 22.2 Å². The van der Waals surface area contributed by atoms with Crippen LogP contribution in [0.3, 0.4) is 0 Å². The normalized spacial score (nSPS) is 11.2. The fourth-order valence-corrected chi connectivity index (χ4v) is 2.68. The van der Waals surface area contributed by atoms with Gasteiger partial charge in [-0.25, -0.2) is 0 Å². The van der Waals surface area contributed by atoms with Crippen LogP contribution in [0.2, 0.25) is 0 Å². The molecule has 0 fully saturated rings. The summed E-state index contributed by atoms with van der Waals surface area (Å²) in [7, 11) is 0. The number of nitro benzene ring substituents is 1. The van der Waals surface area contributed by atoms with Crippen LogP contribution in [0.5, 0.6) is 0 Å². The van der Waals surface area contributed by atoms with Crippen LogP contribution in [-0.2, 0) is 0 Å². The topological polar surface area (TPSA) is 85.4 Å². The van der Waals surface area contributed by atoms with Gasteiger partial charge in [-0.2, -0.15) is 8.75 Å². The third kappa shape index (κ3) is 3.02. The summed E-state index contributed by atoms with van der Waals surface area (Å²) in [6.45, 7) is 7.99. The molecule has 2 rings (SSSR count). The molecule has 0 saturated carbocycles. The molecule has 2 aromatic rings. The number of benzene rings is 1. The first-order valence-electron chi connectivity index (χ1n) is 6.64. The minimum atomic E-state index is -0.393. The van der Waals surface area contributed by atoms with E-state index >= 15 is 0 Å². The maximum Gasteiger partial charge on any atom is 0.321 e. The summed E-state index contributed by atoms with van der Waals surface area (Å²) >= 11 is 0.993. The average molecular weight is 296 g/mol. The minimum Gasteiger partial charge on any atom is -0.374 e. The van der Waals surface area contributed by atoms with Crippen molar-refractivity contribution in [1.82, 2.24) is 8.75 Å². The number of hydrogen-bond donors (Lipinski definition) is 2. The highest BCUT2D eigenvalue weighted by molar-refractivity contribution is 7.00. The van der Waals surface area contributed by atoms with Crippen molar-refractivity contribution < 1.29 is 9.82 Å². The maximum atomic E-state index is 11.2. The summed E-state index contributed by atoms with van der Waals surface area (Å²) in [5.74, 6) is 0. The highest BCUT2D eigenvalue weighted by Gasteiger charge is 2.21. The van der Waals surface area contributed by atoms with E-state index in [0.29, 0.717) is 23.3 Å². The lowest BCUT2D eigenvalue weighted by Crippen LogP contribution is -3.12. The van der Waals surface area contributed by atoms with Crippen LogP contribution in [-0.4, -0.2) is 39.8 Å². The van der Waals surface area contributed by atoms with Gasteiger partial charge in [-0.3, -0.25) is 10.1 Å². The van der Waals surface area contributed by atoms with Gasteiger partial charge >= 0.3 is 5.69 Å². The number of hydrogen-bond acceptors (Lipinski definition) is 6. The average Bonchev–Trinajstić information content (AvgIpc) is 2.91. The maximum absolute atomic E-state index is 11.2. The Labute approximate surface area is 121 Å². The zero-order valence-electron chi connectivity index (χ0n) is 11.5. The standard InChI is InChI=1S/C12H17N5O2S/c1-3-16(4-2)8-7-13-10-6-5-9-11(15-20-14-9)12(10)17(18)19/h5-6,13H,3-4,7-8H2,1-2H3/p+1. The predicted octanol–water partition coefficient (Wildman–Crippen LogP) is 0.936. The summed E-state index contributed by atoms with van der Waals surface area (Å²) in [6.07, 6.45) is 0. The number of rotatable bonds is 7. The molecule has 0 aliphatic carbocycles. The third-order valence-corrected chi connectivity index (χ3v) is 3.92. The zero-order valence-corrected chi connectivity index (χ0v) is 12.4. The van der Waals surface area contributed by atoms with E-state index in [0.717, 1.165) is 31.4 Å². The lowest BCUT2D eigenvalue weighted by Gasteiger charge is -2.15. The molecule has 0 saturated heterocycles. The second-order valence-corrected chi connectivity index (χ2v) is 5.01. The number of fused-ring (bicyclic) bond motifs is 1. The second kappa shape index (κ2) is 6.58. The van der Waals surface area contributed by atoms with E-state index in [1.165, 1.54) is 4.90 Å². The molecule has 0 unspecified atom stereocenters. The molecule has 7 nitrogen and oxygen atoms in total. The lowest BCUT2D eigenvalue weighted by molar-refractivity contribution is -0.894. The molecule has 1 heterocycles. The van der Waals surface area contributed by atoms with Gasteiger partial charge < -0.3 is 10.2 Å². The zero-order chi connectivity index (χ0) is 14.5. The first-order valence-corrected chi connectivity index (χ1v) is 7.37. The van der Waals surface area contributed by atoms with Gasteiger partial charge in [0, 0.05) is 0 Å². The summed E-state index contributed by atoms with van der Waals surface area (Å²) < 4.78 is 8.05. The molecule has 0 amide bonds. The molecule has 2 N–H and O–H groups in total. The highest BCUT2D eigenvalue weighted by Crippen LogP contribution is 2.31. The van der Waals surface area contributed by atoms with Gasteiger partial charge in [0.2, 0.25) is 0 Å². The molecule has 1 aromatic carbocycles. The molecular weight excluding hydrogens is 278 g/mol. The largest absolute Gasteiger partial charge is 0.374 e. The lowest BCUT2D eigenvalue weighted by atomic mass is 10.2. The van der Waals surface area contributed by atoms with Crippen molar-refractivity contribution in [3.8, 4) is 0 Å². The third-order valence-electron chi connectivity index (χ3n) is 3.38. The number of nitrogens with zero attached hydrogens (tertiary/aromatic N) is 3. The molecule has 0 spiro atoms. The van der Waals surface area contributed by atoms with Crippen molar-refractivity contribution >= 4 is 34.1 Å². The van der Waals surface area contributed by atoms with E-state index in [2.05, 4.69) is 27.9 Å². The number of quaternary nitrogens is 1. The Morgan fingerprint density at radius 1 is 1.35 bits per heavy atom. The Hall–Kier alpha value is -1.80. The van der Waals surface area contributed by atoms with Gasteiger partial charge in [-0.1, -0.05) is 0 Å². The first-order chi connectivity index (χ1) is 9.67. The quantitative estimate of drug-likeness (QED) is 0.586. The molecule has 0 atom stereocenters. The molecule has 20 heavy (non-hydrogen) atoms. The van der Waals surface area contributed by atoms with E-state index in [4.69, 9.17) is 0 Å². The summed E-state index contributed by atoms with van der Waals surface area (Å²) in [4.78, 5) is 12.3. The van der Waals surface area contributed by atoms with E-state index < -0.39 is 4.92 Å². The second-order valence-electron chi connectivity index (χ2n) is 4.48. The monoisotopic (exact) mass is 296 g/mol. The molecule has 8 heteroatoms. The number of aromatic nitrogens is 2. The Morgan fingerprint density at radius 2 is 2.10 bits per heavy atom. The van der Waals surface area contributed by atoms with Crippen LogP contribution in [0.15, 0.2) is 12.1 Å². The Kier molecular flexibility index (Phi) is 4.80. The predicted molar refractivity (Wildman–Crippen MR) is 79.5 cm³/mol. The molecular formula is C12H18N5O2S+. The molecule has 0 radical (unpaired) electrons. The summed E-state index contributed by atoms with van der Waals surface area (Å²) in [6, 6.07) is 3.47. The van der Waals surface area contributed by atoms with E-state index in [-0.39, 0.29) is 5.69 Å². The van der Waals surface area contributed by atoms with Crippen LogP contribution in [0.25, 0.3) is 11.0 Å². The molecule has 0 aliphatic heterocycles. The number of nitro groups is 1. The van der Waals surface area contributed by atoms with Gasteiger partial charge in [0.05, 0.1) is 42.8 Å².